The molecule has 142 valence electrons. The fourth-order valence-corrected chi connectivity index (χ4v) is 3.54. The number of fused-ring (bicyclic) bond motifs is 2. The van der Waals surface area contributed by atoms with Crippen LogP contribution in [0.25, 0.3) is 0 Å². The van der Waals surface area contributed by atoms with Crippen LogP contribution in [0.1, 0.15) is 36.9 Å². The van der Waals surface area contributed by atoms with Crippen LogP contribution in [0.2, 0.25) is 0 Å². The quantitative estimate of drug-likeness (QED) is 0.642. The van der Waals surface area contributed by atoms with Crippen molar-refractivity contribution >= 4 is 11.7 Å². The molecule has 4 rings (SSSR count). The van der Waals surface area contributed by atoms with E-state index in [1.54, 1.807) is 23.0 Å². The minimum Gasteiger partial charge on any atom is -0.493 e. The van der Waals surface area contributed by atoms with E-state index < -0.39 is 22.8 Å². The fraction of sp³-hybridized carbons (Fsp3) is 0.412. The van der Waals surface area contributed by atoms with Gasteiger partial charge in [0, 0.05) is 16.5 Å². The summed E-state index contributed by atoms with van der Waals surface area (Å²) < 4.78 is 17.8. The van der Waals surface area contributed by atoms with E-state index >= 15 is 0 Å². The number of aromatic nitrogens is 2. The molecule has 0 spiro atoms. The number of rotatable bonds is 4. The SMILES string of the molecule is COc1cc([C@@H]2c3cnn(C(C)C)c3NC(=O)[C@@H]2[N+](=O)[O-])cc2c1OCO2. The lowest BCUT2D eigenvalue weighted by Crippen LogP contribution is -2.44. The summed E-state index contributed by atoms with van der Waals surface area (Å²) in [6, 6.07) is 1.78. The van der Waals surface area contributed by atoms with Crippen LogP contribution in [0.4, 0.5) is 5.82 Å². The zero-order valence-electron chi connectivity index (χ0n) is 15.0. The van der Waals surface area contributed by atoms with E-state index in [4.69, 9.17) is 14.2 Å². The lowest BCUT2D eigenvalue weighted by Gasteiger charge is -2.27. The summed E-state index contributed by atoms with van der Waals surface area (Å²) in [6.45, 7) is 3.87. The van der Waals surface area contributed by atoms with Gasteiger partial charge in [0.25, 0.3) is 0 Å². The molecule has 1 aromatic heterocycles. The van der Waals surface area contributed by atoms with Crippen molar-refractivity contribution < 1.29 is 23.9 Å². The third kappa shape index (κ3) is 2.56. The minimum atomic E-state index is -1.49. The third-order valence-electron chi connectivity index (χ3n) is 4.74. The van der Waals surface area contributed by atoms with Gasteiger partial charge in [0.2, 0.25) is 12.5 Å². The molecule has 3 heterocycles. The second-order valence-corrected chi connectivity index (χ2v) is 6.64. The lowest BCUT2D eigenvalue weighted by atomic mass is 9.83. The fourth-order valence-electron chi connectivity index (χ4n) is 3.54. The Bertz CT molecular complexity index is 938. The van der Waals surface area contributed by atoms with Crippen LogP contribution in [0, 0.1) is 10.1 Å². The van der Waals surface area contributed by atoms with E-state index in [1.165, 1.54) is 7.11 Å². The molecule has 10 heteroatoms. The molecule has 1 amide bonds. The monoisotopic (exact) mass is 374 g/mol. The molecule has 1 aromatic carbocycles. The first-order valence-electron chi connectivity index (χ1n) is 8.41. The first-order valence-corrected chi connectivity index (χ1v) is 8.41. The highest BCUT2D eigenvalue weighted by Crippen LogP contribution is 2.47. The average molecular weight is 374 g/mol. The smallest absolute Gasteiger partial charge is 0.301 e. The summed E-state index contributed by atoms with van der Waals surface area (Å²) >= 11 is 0. The lowest BCUT2D eigenvalue weighted by molar-refractivity contribution is -0.509. The maximum atomic E-state index is 12.6. The number of amides is 1. The summed E-state index contributed by atoms with van der Waals surface area (Å²) in [5.74, 6) is 0.212. The molecule has 0 fully saturated rings. The van der Waals surface area contributed by atoms with E-state index in [1.807, 2.05) is 13.8 Å². The maximum absolute atomic E-state index is 12.6. The molecule has 2 aliphatic heterocycles. The van der Waals surface area contributed by atoms with Gasteiger partial charge in [-0.25, -0.2) is 4.68 Å². The van der Waals surface area contributed by atoms with Gasteiger partial charge in [0.1, 0.15) is 5.82 Å². The van der Waals surface area contributed by atoms with Gasteiger partial charge >= 0.3 is 11.9 Å². The van der Waals surface area contributed by atoms with E-state index in [0.717, 1.165) is 0 Å². The minimum absolute atomic E-state index is 0.0202. The van der Waals surface area contributed by atoms with Gasteiger partial charge in [0.05, 0.1) is 19.2 Å². The zero-order valence-corrected chi connectivity index (χ0v) is 15.0. The molecular weight excluding hydrogens is 356 g/mol. The van der Waals surface area contributed by atoms with Crippen LogP contribution in [0.5, 0.6) is 17.2 Å². The summed E-state index contributed by atoms with van der Waals surface area (Å²) in [5, 5.41) is 18.7. The maximum Gasteiger partial charge on any atom is 0.301 e. The van der Waals surface area contributed by atoms with Crippen molar-refractivity contribution in [2.24, 2.45) is 0 Å². The second kappa shape index (κ2) is 6.15. The van der Waals surface area contributed by atoms with Crippen LogP contribution in [0.3, 0.4) is 0 Å². The van der Waals surface area contributed by atoms with Crippen LogP contribution in [-0.4, -0.2) is 40.6 Å². The highest BCUT2D eigenvalue weighted by Gasteiger charge is 2.48. The van der Waals surface area contributed by atoms with Gasteiger partial charge in [-0.3, -0.25) is 14.9 Å². The molecule has 0 bridgehead atoms. The molecule has 0 saturated carbocycles. The van der Waals surface area contributed by atoms with Crippen molar-refractivity contribution in [3.63, 3.8) is 0 Å². The molecule has 0 saturated heterocycles. The predicted octanol–water partition coefficient (Wildman–Crippen LogP) is 1.93. The molecule has 2 aromatic rings. The Balaban J connectivity index is 1.92. The summed E-state index contributed by atoms with van der Waals surface area (Å²) in [4.78, 5) is 23.7. The van der Waals surface area contributed by atoms with Crippen molar-refractivity contribution in [3.8, 4) is 17.2 Å². The number of nitrogens with one attached hydrogen (secondary N) is 1. The van der Waals surface area contributed by atoms with Crippen LogP contribution in [-0.2, 0) is 4.79 Å². The standard InChI is InChI=1S/C17H18N4O6/c1-8(2)20-16-10(6-18-20)13(14(21(23)24)17(22)19-16)9-4-11(25-3)15-12(5-9)26-7-27-15/h4-6,8,13-14H,7H2,1-3H3,(H,19,22)/t13-,14-/m1/s1. The largest absolute Gasteiger partial charge is 0.493 e. The van der Waals surface area contributed by atoms with Crippen molar-refractivity contribution in [2.75, 3.05) is 19.2 Å². The van der Waals surface area contributed by atoms with E-state index in [2.05, 4.69) is 10.4 Å². The number of nitro groups is 1. The molecule has 0 aliphatic carbocycles. The van der Waals surface area contributed by atoms with E-state index in [9.17, 15) is 14.9 Å². The van der Waals surface area contributed by atoms with E-state index in [-0.39, 0.29) is 12.8 Å². The molecule has 0 unspecified atom stereocenters. The Morgan fingerprint density at radius 2 is 2.19 bits per heavy atom. The Hall–Kier alpha value is -3.30. The van der Waals surface area contributed by atoms with Gasteiger partial charge < -0.3 is 19.5 Å². The number of benzene rings is 1. The first-order chi connectivity index (χ1) is 12.9. The number of carbonyl (C=O) groups is 1. The van der Waals surface area contributed by atoms with Crippen molar-refractivity contribution in [1.29, 1.82) is 0 Å². The summed E-state index contributed by atoms with van der Waals surface area (Å²) in [5.41, 5.74) is 1.10. The van der Waals surface area contributed by atoms with Crippen molar-refractivity contribution in [3.05, 3.63) is 39.6 Å². The van der Waals surface area contributed by atoms with Crippen molar-refractivity contribution in [2.45, 2.75) is 31.8 Å². The van der Waals surface area contributed by atoms with Crippen LogP contribution < -0.4 is 19.5 Å². The topological polar surface area (TPSA) is 118 Å². The molecular formula is C17H18N4O6. The molecule has 10 nitrogen and oxygen atoms in total. The van der Waals surface area contributed by atoms with Gasteiger partial charge in [0.15, 0.2) is 11.5 Å². The normalized spacial score (nSPS) is 20.4. The zero-order chi connectivity index (χ0) is 19.3. The van der Waals surface area contributed by atoms with E-state index in [0.29, 0.717) is 34.2 Å². The number of carbonyl (C=O) groups excluding carboxylic acids is 1. The number of anilines is 1. The number of methoxy groups -OCH3 is 1. The average Bonchev–Trinajstić information content (AvgIpc) is 3.25. The first kappa shape index (κ1) is 17.1. The summed E-state index contributed by atoms with van der Waals surface area (Å²) in [7, 11) is 1.47. The third-order valence-corrected chi connectivity index (χ3v) is 4.74. The van der Waals surface area contributed by atoms with Gasteiger partial charge in [-0.15, -0.1) is 0 Å². The number of nitrogens with zero attached hydrogens (tertiary/aromatic N) is 3. The number of hydrogen-bond acceptors (Lipinski definition) is 7. The summed E-state index contributed by atoms with van der Waals surface area (Å²) in [6.07, 6.45) is 1.56. The number of hydrogen-bond donors (Lipinski definition) is 1. The second-order valence-electron chi connectivity index (χ2n) is 6.64. The predicted molar refractivity (Wildman–Crippen MR) is 93.0 cm³/mol. The Morgan fingerprint density at radius 1 is 1.41 bits per heavy atom. The Kier molecular flexibility index (Phi) is 3.90. The molecule has 2 aliphatic rings. The van der Waals surface area contributed by atoms with Gasteiger partial charge in [-0.2, -0.15) is 5.10 Å². The molecule has 1 N–H and O–H groups in total. The van der Waals surface area contributed by atoms with Gasteiger partial charge in [-0.05, 0) is 31.5 Å². The van der Waals surface area contributed by atoms with Gasteiger partial charge in [-0.1, -0.05) is 0 Å². The highest BCUT2D eigenvalue weighted by molar-refractivity contribution is 5.98. The Labute approximate surface area is 154 Å². The highest BCUT2D eigenvalue weighted by atomic mass is 16.7. The van der Waals surface area contributed by atoms with Crippen molar-refractivity contribution in [1.82, 2.24) is 9.78 Å². The Morgan fingerprint density at radius 3 is 2.85 bits per heavy atom. The van der Waals surface area contributed by atoms with Crippen LogP contribution >= 0.6 is 0 Å². The molecule has 27 heavy (non-hydrogen) atoms. The number of ether oxygens (including phenoxy) is 3. The molecule has 2 atom stereocenters. The molecule has 0 radical (unpaired) electrons. The van der Waals surface area contributed by atoms with Crippen LogP contribution in [0.15, 0.2) is 18.3 Å².